The third-order valence-corrected chi connectivity index (χ3v) is 9.05. The number of aromatic nitrogens is 2. The lowest BCUT2D eigenvalue weighted by Crippen LogP contribution is -2.60. The summed E-state index contributed by atoms with van der Waals surface area (Å²) >= 11 is 7.47. The van der Waals surface area contributed by atoms with Crippen molar-refractivity contribution in [3.63, 3.8) is 0 Å². The highest BCUT2D eigenvalue weighted by molar-refractivity contribution is 7.99. The average molecular weight is 608 g/mol. The maximum absolute atomic E-state index is 14.2. The van der Waals surface area contributed by atoms with E-state index in [-0.39, 0.29) is 17.6 Å². The van der Waals surface area contributed by atoms with Gasteiger partial charge in [0.1, 0.15) is 5.54 Å². The van der Waals surface area contributed by atoms with E-state index in [1.165, 1.54) is 11.8 Å². The molecule has 3 aromatic rings. The number of carbonyl (C=O) groups is 2. The van der Waals surface area contributed by atoms with E-state index in [1.54, 1.807) is 4.90 Å². The summed E-state index contributed by atoms with van der Waals surface area (Å²) < 4.78 is 5.47. The predicted molar refractivity (Wildman–Crippen MR) is 168 cm³/mol. The topological polar surface area (TPSA) is 87.7 Å². The molecule has 1 saturated heterocycles. The van der Waals surface area contributed by atoms with Crippen molar-refractivity contribution in [3.05, 3.63) is 76.6 Å². The molecule has 5 rings (SSSR count). The van der Waals surface area contributed by atoms with Crippen LogP contribution in [0.25, 0.3) is 0 Å². The summed E-state index contributed by atoms with van der Waals surface area (Å²) in [6.45, 7) is 7.28. The second kappa shape index (κ2) is 13.9. The molecule has 1 saturated carbocycles. The number of nitrogens with zero attached hydrogens (tertiary/aromatic N) is 4. The Hall–Kier alpha value is -3.14. The van der Waals surface area contributed by atoms with E-state index in [9.17, 15) is 9.59 Å². The zero-order chi connectivity index (χ0) is 29.5. The molecule has 1 N–H and O–H groups in total. The van der Waals surface area contributed by atoms with Gasteiger partial charge in [0.05, 0.1) is 19.0 Å². The van der Waals surface area contributed by atoms with Crippen molar-refractivity contribution in [2.24, 2.45) is 0 Å². The molecule has 8 nitrogen and oxygen atoms in total. The number of thioether (sulfide) groups is 1. The number of hydrogen-bond acceptors (Lipinski definition) is 7. The molecule has 2 fully saturated rings. The van der Waals surface area contributed by atoms with E-state index < -0.39 is 5.54 Å². The summed E-state index contributed by atoms with van der Waals surface area (Å²) in [5.74, 6) is -0.117. The minimum absolute atomic E-state index is 0.113. The van der Waals surface area contributed by atoms with Crippen molar-refractivity contribution in [2.75, 3.05) is 42.3 Å². The highest BCUT2D eigenvalue weighted by Gasteiger charge is 2.47. The van der Waals surface area contributed by atoms with Crippen molar-refractivity contribution in [1.29, 1.82) is 0 Å². The predicted octanol–water partition coefficient (Wildman–Crippen LogP) is 6.05. The lowest BCUT2D eigenvalue weighted by Gasteiger charge is -2.45. The van der Waals surface area contributed by atoms with Gasteiger partial charge in [0.15, 0.2) is 5.16 Å². The summed E-state index contributed by atoms with van der Waals surface area (Å²) in [5.41, 5.74) is 3.50. The first-order valence-corrected chi connectivity index (χ1v) is 15.9. The van der Waals surface area contributed by atoms with E-state index in [4.69, 9.17) is 16.3 Å². The molecule has 2 heterocycles. The van der Waals surface area contributed by atoms with Gasteiger partial charge in [0.25, 0.3) is 0 Å². The minimum atomic E-state index is -0.970. The number of carbonyl (C=O) groups excluding carboxylic acids is 2. The number of hydrogen-bond donors (Lipinski definition) is 1. The number of ether oxygens (including phenoxy) is 1. The molecular weight excluding hydrogens is 570 g/mol. The first-order valence-electron chi connectivity index (χ1n) is 14.6. The Morgan fingerprint density at radius 1 is 0.976 bits per heavy atom. The first-order chi connectivity index (χ1) is 20.3. The summed E-state index contributed by atoms with van der Waals surface area (Å²) in [4.78, 5) is 41.4. The molecule has 0 bridgehead atoms. The second-order valence-electron chi connectivity index (χ2n) is 11.0. The summed E-state index contributed by atoms with van der Waals surface area (Å²) in [7, 11) is 0. The van der Waals surface area contributed by atoms with E-state index in [1.807, 2.05) is 68.4 Å². The van der Waals surface area contributed by atoms with Crippen LogP contribution in [-0.4, -0.2) is 64.3 Å². The van der Waals surface area contributed by atoms with Gasteiger partial charge in [-0.1, -0.05) is 54.8 Å². The lowest BCUT2D eigenvalue weighted by atomic mass is 9.79. The van der Waals surface area contributed by atoms with E-state index >= 15 is 0 Å². The van der Waals surface area contributed by atoms with Crippen LogP contribution in [0.15, 0.2) is 59.8 Å². The highest BCUT2D eigenvalue weighted by Crippen LogP contribution is 2.37. The molecule has 1 aromatic heterocycles. The van der Waals surface area contributed by atoms with Gasteiger partial charge in [0, 0.05) is 47.4 Å². The minimum Gasteiger partial charge on any atom is -0.378 e. The van der Waals surface area contributed by atoms with Crippen LogP contribution in [0, 0.1) is 13.8 Å². The Kier molecular flexibility index (Phi) is 10.0. The fourth-order valence-corrected chi connectivity index (χ4v) is 6.75. The molecule has 10 heteroatoms. The fraction of sp³-hybridized carbons (Fsp3) is 0.438. The van der Waals surface area contributed by atoms with Crippen molar-refractivity contribution in [3.8, 4) is 0 Å². The Morgan fingerprint density at radius 3 is 2.26 bits per heavy atom. The summed E-state index contributed by atoms with van der Waals surface area (Å²) in [6, 6.07) is 17.3. The Labute approximate surface area is 257 Å². The molecule has 1 aliphatic carbocycles. The fourth-order valence-electron chi connectivity index (χ4n) is 5.79. The van der Waals surface area contributed by atoms with Crippen molar-refractivity contribution >= 4 is 46.6 Å². The summed E-state index contributed by atoms with van der Waals surface area (Å²) in [6.07, 6.45) is 4.00. The van der Waals surface area contributed by atoms with Crippen LogP contribution < -0.4 is 10.2 Å². The Balaban J connectivity index is 1.40. The van der Waals surface area contributed by atoms with Crippen LogP contribution in [0.4, 0.5) is 11.4 Å². The molecule has 0 radical (unpaired) electrons. The largest absolute Gasteiger partial charge is 0.378 e. The quantitative estimate of drug-likeness (QED) is 0.234. The molecular formula is C32H38ClN5O3S. The zero-order valence-electron chi connectivity index (χ0n) is 24.3. The Bertz CT molecular complexity index is 1350. The molecule has 0 spiro atoms. The van der Waals surface area contributed by atoms with E-state index in [0.29, 0.717) is 42.8 Å². The zero-order valence-corrected chi connectivity index (χ0v) is 25.8. The van der Waals surface area contributed by atoms with E-state index in [2.05, 4.69) is 20.2 Å². The Morgan fingerprint density at radius 2 is 1.62 bits per heavy atom. The molecule has 1 aliphatic heterocycles. The van der Waals surface area contributed by atoms with Crippen molar-refractivity contribution in [1.82, 2.24) is 14.9 Å². The van der Waals surface area contributed by atoms with Crippen LogP contribution in [-0.2, 0) is 20.9 Å². The number of rotatable bonds is 9. The molecule has 2 aliphatic rings. The van der Waals surface area contributed by atoms with Gasteiger partial charge in [-0.05, 0) is 74.7 Å². The van der Waals surface area contributed by atoms with Gasteiger partial charge in [-0.15, -0.1) is 0 Å². The monoisotopic (exact) mass is 607 g/mol. The smallest absolute Gasteiger partial charge is 0.250 e. The third-order valence-electron chi connectivity index (χ3n) is 7.96. The van der Waals surface area contributed by atoms with Gasteiger partial charge < -0.3 is 19.9 Å². The van der Waals surface area contributed by atoms with Gasteiger partial charge in [-0.2, -0.15) is 0 Å². The van der Waals surface area contributed by atoms with Crippen LogP contribution >= 0.6 is 23.4 Å². The maximum atomic E-state index is 14.2. The summed E-state index contributed by atoms with van der Waals surface area (Å²) in [5, 5.41) is 4.37. The van der Waals surface area contributed by atoms with Gasteiger partial charge >= 0.3 is 0 Å². The number of benzene rings is 2. The molecule has 222 valence electrons. The first kappa shape index (κ1) is 30.3. The van der Waals surface area contributed by atoms with Gasteiger partial charge in [-0.3, -0.25) is 9.59 Å². The molecule has 0 atom stereocenters. The van der Waals surface area contributed by atoms with Crippen LogP contribution in [0.3, 0.4) is 0 Å². The second-order valence-corrected chi connectivity index (χ2v) is 12.4. The number of morpholine rings is 1. The highest BCUT2D eigenvalue weighted by atomic mass is 35.5. The average Bonchev–Trinajstić information content (AvgIpc) is 3.00. The molecule has 2 aromatic carbocycles. The number of aryl methyl sites for hydroxylation is 2. The SMILES string of the molecule is Cc1cc(C)nc(SCC(=O)N(Cc2ccc(Cl)cc2)C2(C(=O)Nc3ccc(N4CCOCC4)cc3)CCCCC2)n1. The number of nitrogens with one attached hydrogen (secondary N) is 1. The van der Waals surface area contributed by atoms with Crippen molar-refractivity contribution < 1.29 is 14.3 Å². The standard InChI is InChI=1S/C32H38ClN5O3S/c1-23-20-24(2)35-31(34-23)42-22-29(39)38(21-25-6-8-26(33)9-7-25)32(14-4-3-5-15-32)30(40)36-27-10-12-28(13-11-27)37-16-18-41-19-17-37/h6-13,20H,3-5,14-19,21-22H2,1-2H3,(H,36,40). The van der Waals surface area contributed by atoms with Crippen LogP contribution in [0.1, 0.15) is 49.1 Å². The normalized spacial score (nSPS) is 16.6. The number of halogens is 1. The van der Waals surface area contributed by atoms with Gasteiger partial charge in [0.2, 0.25) is 11.8 Å². The molecule has 42 heavy (non-hydrogen) atoms. The van der Waals surface area contributed by atoms with Crippen molar-refractivity contribution in [2.45, 2.75) is 63.2 Å². The molecule has 0 unspecified atom stereocenters. The van der Waals surface area contributed by atoms with Crippen LogP contribution in [0.5, 0.6) is 0 Å². The lowest BCUT2D eigenvalue weighted by molar-refractivity contribution is -0.146. The van der Waals surface area contributed by atoms with E-state index in [0.717, 1.165) is 60.7 Å². The van der Waals surface area contributed by atoms with Gasteiger partial charge in [-0.25, -0.2) is 9.97 Å². The van der Waals surface area contributed by atoms with Crippen LogP contribution in [0.2, 0.25) is 5.02 Å². The third kappa shape index (κ3) is 7.43. The number of amides is 2. The molecule has 2 amide bonds. The maximum Gasteiger partial charge on any atom is 0.250 e. The number of anilines is 2.